The molecule has 0 radical (unpaired) electrons. The van der Waals surface area contributed by atoms with Crippen molar-refractivity contribution in [2.75, 3.05) is 0 Å². The van der Waals surface area contributed by atoms with E-state index in [-0.39, 0.29) is 5.91 Å². The normalized spacial score (nSPS) is 10.0. The smallest absolute Gasteiger partial charge is 0.268 e. The van der Waals surface area contributed by atoms with Crippen molar-refractivity contribution >= 4 is 5.91 Å². The molecule has 5 heteroatoms. The molecule has 1 amide bonds. The molecule has 0 bridgehead atoms. The van der Waals surface area contributed by atoms with Gasteiger partial charge in [0.2, 0.25) is 0 Å². The fourth-order valence-corrected chi connectivity index (χ4v) is 1.49. The fourth-order valence-electron chi connectivity index (χ4n) is 1.49. The second kappa shape index (κ2) is 4.71. The Hall–Kier alpha value is -2.27. The molecule has 0 atom stereocenters. The van der Waals surface area contributed by atoms with Crippen molar-refractivity contribution in [1.29, 1.82) is 0 Å². The van der Waals surface area contributed by atoms with Gasteiger partial charge in [-0.25, -0.2) is 15.8 Å². The number of nitrogens with one attached hydrogen (secondary N) is 1. The Labute approximate surface area is 98.7 Å². The molecule has 1 aromatic carbocycles. The SMILES string of the molecule is Cc1nc(-c2ccccc2)ncc1C(=O)NN. The molecule has 2 aromatic rings. The zero-order valence-electron chi connectivity index (χ0n) is 9.34. The number of carbonyl (C=O) groups excluding carboxylic acids is 1. The first kappa shape index (κ1) is 11.2. The maximum absolute atomic E-state index is 11.4. The van der Waals surface area contributed by atoms with Crippen molar-refractivity contribution in [2.24, 2.45) is 5.84 Å². The Balaban J connectivity index is 2.41. The van der Waals surface area contributed by atoms with Crippen molar-refractivity contribution in [3.8, 4) is 11.4 Å². The van der Waals surface area contributed by atoms with Gasteiger partial charge in [-0.15, -0.1) is 0 Å². The minimum Gasteiger partial charge on any atom is -0.290 e. The van der Waals surface area contributed by atoms with Crippen LogP contribution in [0.3, 0.4) is 0 Å². The summed E-state index contributed by atoms with van der Waals surface area (Å²) < 4.78 is 0. The molecule has 5 nitrogen and oxygen atoms in total. The van der Waals surface area contributed by atoms with Gasteiger partial charge in [0.25, 0.3) is 5.91 Å². The van der Waals surface area contributed by atoms with E-state index in [4.69, 9.17) is 5.84 Å². The number of hydrogen-bond donors (Lipinski definition) is 2. The van der Waals surface area contributed by atoms with Crippen LogP contribution in [0.25, 0.3) is 11.4 Å². The zero-order chi connectivity index (χ0) is 12.3. The molecule has 1 heterocycles. The lowest BCUT2D eigenvalue weighted by molar-refractivity contribution is 0.0952. The molecular formula is C12H12N4O. The lowest BCUT2D eigenvalue weighted by atomic mass is 10.2. The number of nitrogens with two attached hydrogens (primary N) is 1. The van der Waals surface area contributed by atoms with Crippen LogP contribution in [0, 0.1) is 6.92 Å². The average Bonchev–Trinajstić information content (AvgIpc) is 2.39. The Morgan fingerprint density at radius 3 is 2.59 bits per heavy atom. The van der Waals surface area contributed by atoms with Crippen LogP contribution >= 0.6 is 0 Å². The molecule has 17 heavy (non-hydrogen) atoms. The van der Waals surface area contributed by atoms with E-state index >= 15 is 0 Å². The number of aryl methyl sites for hydroxylation is 1. The van der Waals surface area contributed by atoms with Gasteiger partial charge >= 0.3 is 0 Å². The highest BCUT2D eigenvalue weighted by molar-refractivity contribution is 5.94. The van der Waals surface area contributed by atoms with E-state index < -0.39 is 0 Å². The summed E-state index contributed by atoms with van der Waals surface area (Å²) in [7, 11) is 0. The van der Waals surface area contributed by atoms with E-state index in [2.05, 4.69) is 15.4 Å². The fraction of sp³-hybridized carbons (Fsp3) is 0.0833. The molecule has 0 unspecified atom stereocenters. The standard InChI is InChI=1S/C12H12N4O/c1-8-10(12(17)16-13)7-14-11(15-8)9-5-3-2-4-6-9/h2-7H,13H2,1H3,(H,16,17). The van der Waals surface area contributed by atoms with Crippen LogP contribution in [0.2, 0.25) is 0 Å². The Kier molecular flexibility index (Phi) is 3.11. The number of benzene rings is 1. The molecule has 0 aliphatic heterocycles. The van der Waals surface area contributed by atoms with Gasteiger partial charge in [-0.2, -0.15) is 0 Å². The summed E-state index contributed by atoms with van der Waals surface area (Å²) in [5, 5.41) is 0. The number of amides is 1. The summed E-state index contributed by atoms with van der Waals surface area (Å²) in [6, 6.07) is 9.57. The average molecular weight is 228 g/mol. The molecule has 0 aliphatic rings. The third-order valence-corrected chi connectivity index (χ3v) is 2.39. The molecule has 2 rings (SSSR count). The number of nitrogens with zero attached hydrogens (tertiary/aromatic N) is 2. The van der Waals surface area contributed by atoms with Gasteiger partial charge in [0.05, 0.1) is 11.3 Å². The maximum Gasteiger partial charge on any atom is 0.268 e. The summed E-state index contributed by atoms with van der Waals surface area (Å²) in [5.41, 5.74) is 3.96. The number of carbonyl (C=O) groups is 1. The quantitative estimate of drug-likeness (QED) is 0.457. The van der Waals surface area contributed by atoms with Gasteiger partial charge in [-0.3, -0.25) is 10.2 Å². The number of rotatable bonds is 2. The third kappa shape index (κ3) is 2.29. The van der Waals surface area contributed by atoms with Crippen molar-refractivity contribution in [3.63, 3.8) is 0 Å². The summed E-state index contributed by atoms with van der Waals surface area (Å²) in [4.78, 5) is 19.8. The molecule has 0 fully saturated rings. The molecule has 86 valence electrons. The second-order valence-electron chi connectivity index (χ2n) is 3.53. The molecular weight excluding hydrogens is 216 g/mol. The number of hydrazine groups is 1. The van der Waals surface area contributed by atoms with Crippen LogP contribution in [0.15, 0.2) is 36.5 Å². The topological polar surface area (TPSA) is 80.9 Å². The first-order valence-corrected chi connectivity index (χ1v) is 5.12. The summed E-state index contributed by atoms with van der Waals surface area (Å²) in [6.45, 7) is 1.75. The highest BCUT2D eigenvalue weighted by Gasteiger charge is 2.10. The summed E-state index contributed by atoms with van der Waals surface area (Å²) >= 11 is 0. The molecule has 0 aliphatic carbocycles. The number of aromatic nitrogens is 2. The minimum absolute atomic E-state index is 0.382. The van der Waals surface area contributed by atoms with Crippen molar-refractivity contribution in [2.45, 2.75) is 6.92 Å². The van der Waals surface area contributed by atoms with Gasteiger partial charge in [0.1, 0.15) is 0 Å². The zero-order valence-corrected chi connectivity index (χ0v) is 9.34. The van der Waals surface area contributed by atoms with Gasteiger partial charge in [-0.05, 0) is 6.92 Å². The third-order valence-electron chi connectivity index (χ3n) is 2.39. The predicted molar refractivity (Wildman–Crippen MR) is 63.9 cm³/mol. The highest BCUT2D eigenvalue weighted by Crippen LogP contribution is 2.15. The van der Waals surface area contributed by atoms with E-state index in [9.17, 15) is 4.79 Å². The first-order chi connectivity index (χ1) is 8.22. The number of nitrogen functional groups attached to an aromatic ring is 1. The maximum atomic E-state index is 11.4. The summed E-state index contributed by atoms with van der Waals surface area (Å²) in [6.07, 6.45) is 1.48. The van der Waals surface area contributed by atoms with Crippen LogP contribution in [0.4, 0.5) is 0 Å². The monoisotopic (exact) mass is 228 g/mol. The van der Waals surface area contributed by atoms with E-state index in [1.807, 2.05) is 30.3 Å². The van der Waals surface area contributed by atoms with E-state index in [1.54, 1.807) is 6.92 Å². The molecule has 0 spiro atoms. The predicted octanol–water partition coefficient (Wildman–Crippen LogP) is 1.06. The van der Waals surface area contributed by atoms with E-state index in [0.717, 1.165) is 5.56 Å². The van der Waals surface area contributed by atoms with Gasteiger partial charge in [0.15, 0.2) is 5.82 Å². The van der Waals surface area contributed by atoms with Gasteiger partial charge in [0, 0.05) is 11.8 Å². The van der Waals surface area contributed by atoms with E-state index in [0.29, 0.717) is 17.1 Å². The first-order valence-electron chi connectivity index (χ1n) is 5.12. The molecule has 1 aromatic heterocycles. The molecule has 0 saturated heterocycles. The summed E-state index contributed by atoms with van der Waals surface area (Å²) in [5.74, 6) is 5.27. The van der Waals surface area contributed by atoms with Crippen molar-refractivity contribution < 1.29 is 4.79 Å². The van der Waals surface area contributed by atoms with Crippen LogP contribution in [-0.2, 0) is 0 Å². The van der Waals surface area contributed by atoms with Crippen LogP contribution in [0.5, 0.6) is 0 Å². The van der Waals surface area contributed by atoms with Crippen LogP contribution in [-0.4, -0.2) is 15.9 Å². The van der Waals surface area contributed by atoms with Gasteiger partial charge in [-0.1, -0.05) is 30.3 Å². The number of hydrogen-bond acceptors (Lipinski definition) is 4. The minimum atomic E-state index is -0.387. The molecule has 3 N–H and O–H groups in total. The lowest BCUT2D eigenvalue weighted by Gasteiger charge is -2.05. The Bertz CT molecular complexity index is 539. The Morgan fingerprint density at radius 2 is 2.00 bits per heavy atom. The second-order valence-corrected chi connectivity index (χ2v) is 3.53. The van der Waals surface area contributed by atoms with E-state index in [1.165, 1.54) is 6.20 Å². The van der Waals surface area contributed by atoms with Crippen molar-refractivity contribution in [3.05, 3.63) is 47.8 Å². The molecule has 0 saturated carbocycles. The van der Waals surface area contributed by atoms with Crippen LogP contribution < -0.4 is 11.3 Å². The largest absolute Gasteiger partial charge is 0.290 e. The van der Waals surface area contributed by atoms with Crippen LogP contribution in [0.1, 0.15) is 16.1 Å². The lowest BCUT2D eigenvalue weighted by Crippen LogP contribution is -2.31. The van der Waals surface area contributed by atoms with Gasteiger partial charge < -0.3 is 0 Å². The highest BCUT2D eigenvalue weighted by atomic mass is 16.2. The Morgan fingerprint density at radius 1 is 1.29 bits per heavy atom. The van der Waals surface area contributed by atoms with Crippen molar-refractivity contribution in [1.82, 2.24) is 15.4 Å².